The van der Waals surface area contributed by atoms with Crippen LogP contribution in [0.5, 0.6) is 0 Å². The van der Waals surface area contributed by atoms with Gasteiger partial charge in [-0.25, -0.2) is 9.13 Å². The zero-order valence-electron chi connectivity index (χ0n) is 58.0. The Hall–Kier alpha value is -3.50. The fourth-order valence-corrected chi connectivity index (χ4v) is 11.2. The Labute approximate surface area is 558 Å². The molecule has 0 aliphatic rings. The van der Waals surface area contributed by atoms with Crippen molar-refractivity contribution in [3.8, 4) is 0 Å². The highest BCUT2D eigenvalue weighted by Gasteiger charge is 2.30. The number of unbranched alkanes of at least 4 members (excludes halogenated alkanes) is 30. The Morgan fingerprint density at radius 1 is 0.315 bits per heavy atom. The van der Waals surface area contributed by atoms with E-state index < -0.39 is 97.5 Å². The van der Waals surface area contributed by atoms with E-state index in [0.29, 0.717) is 25.7 Å². The van der Waals surface area contributed by atoms with E-state index in [-0.39, 0.29) is 25.7 Å². The molecular weight excluding hydrogens is 1210 g/mol. The second-order valence-electron chi connectivity index (χ2n) is 24.2. The van der Waals surface area contributed by atoms with Gasteiger partial charge in [0.25, 0.3) is 0 Å². The first-order valence-electron chi connectivity index (χ1n) is 36.2. The first-order chi connectivity index (χ1) is 44.7. The predicted octanol–water partition coefficient (Wildman–Crippen LogP) is 20.1. The smallest absolute Gasteiger partial charge is 0.462 e. The lowest BCUT2D eigenvalue weighted by Gasteiger charge is -2.21. The van der Waals surface area contributed by atoms with E-state index in [0.717, 1.165) is 141 Å². The summed E-state index contributed by atoms with van der Waals surface area (Å²) >= 11 is 0. The zero-order chi connectivity index (χ0) is 67.5. The summed E-state index contributed by atoms with van der Waals surface area (Å²) in [7, 11) is -9.94. The molecule has 92 heavy (non-hydrogen) atoms. The second-order valence-corrected chi connectivity index (χ2v) is 27.1. The normalized spacial score (nSPS) is 14.5. The molecule has 0 heterocycles. The number of ether oxygens (including phenoxy) is 4. The molecule has 0 aromatic rings. The summed E-state index contributed by atoms with van der Waals surface area (Å²) in [5.74, 6) is -2.22. The molecule has 19 heteroatoms. The Bertz CT molecular complexity index is 2040. The van der Waals surface area contributed by atoms with Gasteiger partial charge < -0.3 is 33.8 Å². The van der Waals surface area contributed by atoms with Crippen LogP contribution in [0, 0.1) is 0 Å². The maximum atomic E-state index is 13.0. The van der Waals surface area contributed by atoms with Crippen LogP contribution in [0.1, 0.15) is 310 Å². The van der Waals surface area contributed by atoms with E-state index in [1.165, 1.54) is 89.9 Å². The highest BCUT2D eigenvalue weighted by molar-refractivity contribution is 7.47. The van der Waals surface area contributed by atoms with Gasteiger partial charge in [0.15, 0.2) is 12.2 Å². The number of hydrogen-bond donors (Lipinski definition) is 3. The third-order valence-corrected chi connectivity index (χ3v) is 17.1. The number of allylic oxidation sites excluding steroid dienone is 12. The molecule has 5 unspecified atom stereocenters. The minimum atomic E-state index is -4.97. The van der Waals surface area contributed by atoms with Crippen LogP contribution in [-0.4, -0.2) is 96.7 Å². The molecule has 0 aliphatic heterocycles. The molecule has 0 saturated carbocycles. The summed E-state index contributed by atoms with van der Waals surface area (Å²) in [5, 5.41) is 10.6. The summed E-state index contributed by atoms with van der Waals surface area (Å²) in [6.07, 6.45) is 63.5. The second kappa shape index (κ2) is 66.1. The van der Waals surface area contributed by atoms with Crippen molar-refractivity contribution in [3.63, 3.8) is 0 Å². The Balaban J connectivity index is 5.32. The summed E-state index contributed by atoms with van der Waals surface area (Å²) in [4.78, 5) is 72.5. The summed E-state index contributed by atoms with van der Waals surface area (Å²) in [6.45, 7) is 4.65. The van der Waals surface area contributed by atoms with Crippen LogP contribution in [-0.2, 0) is 65.4 Å². The quantitative estimate of drug-likeness (QED) is 0.0169. The number of esters is 4. The van der Waals surface area contributed by atoms with E-state index in [1.807, 2.05) is 0 Å². The third-order valence-electron chi connectivity index (χ3n) is 15.2. The van der Waals surface area contributed by atoms with E-state index in [2.05, 4.69) is 101 Å². The van der Waals surface area contributed by atoms with Gasteiger partial charge in [-0.1, -0.05) is 248 Å². The SMILES string of the molecule is CC/C=C\C/C=C\C/C=C\C/C=C\CCCCC(=O)OCC(COP(=O)(O)OCC(O)COP(=O)(O)OCC(COC(=O)CCCCCCC/C=C\CCCCCCCC)OC(=O)CCCCCCCCCCCCC)OC(=O)CCCCCCC/C=C\CCCC. The molecule has 17 nitrogen and oxygen atoms in total. The number of hydrogen-bond acceptors (Lipinski definition) is 15. The summed E-state index contributed by atoms with van der Waals surface area (Å²) < 4.78 is 68.2. The van der Waals surface area contributed by atoms with E-state index in [1.54, 1.807) is 0 Å². The van der Waals surface area contributed by atoms with Crippen LogP contribution < -0.4 is 0 Å². The molecule has 0 saturated heterocycles. The van der Waals surface area contributed by atoms with Crippen LogP contribution in [0.4, 0.5) is 0 Å². The fourth-order valence-electron chi connectivity index (χ4n) is 9.60. The summed E-state index contributed by atoms with van der Waals surface area (Å²) in [6, 6.07) is 0. The van der Waals surface area contributed by atoms with Crippen LogP contribution in [0.3, 0.4) is 0 Å². The van der Waals surface area contributed by atoms with E-state index >= 15 is 0 Å². The molecular formula is C73H130O17P2. The minimum absolute atomic E-state index is 0.0770. The molecule has 0 rings (SSSR count). The number of phosphoric ester groups is 2. The number of carbonyl (C=O) groups is 4. The van der Waals surface area contributed by atoms with E-state index in [4.69, 9.17) is 37.0 Å². The Morgan fingerprint density at radius 3 is 0.935 bits per heavy atom. The monoisotopic (exact) mass is 1340 g/mol. The van der Waals surface area contributed by atoms with Crippen molar-refractivity contribution in [2.24, 2.45) is 0 Å². The van der Waals surface area contributed by atoms with Gasteiger partial charge in [-0.2, -0.15) is 0 Å². The number of aliphatic hydroxyl groups is 1. The topological polar surface area (TPSA) is 237 Å². The van der Waals surface area contributed by atoms with Gasteiger partial charge in [0.2, 0.25) is 0 Å². The van der Waals surface area contributed by atoms with Gasteiger partial charge in [-0.15, -0.1) is 0 Å². The van der Waals surface area contributed by atoms with Gasteiger partial charge in [0, 0.05) is 25.7 Å². The van der Waals surface area contributed by atoms with E-state index in [9.17, 15) is 43.2 Å². The highest BCUT2D eigenvalue weighted by atomic mass is 31.2. The lowest BCUT2D eigenvalue weighted by Crippen LogP contribution is -2.30. The van der Waals surface area contributed by atoms with Crippen LogP contribution in [0.15, 0.2) is 72.9 Å². The van der Waals surface area contributed by atoms with Crippen LogP contribution in [0.2, 0.25) is 0 Å². The van der Waals surface area contributed by atoms with Crippen LogP contribution in [0.25, 0.3) is 0 Å². The molecule has 5 atom stereocenters. The Kier molecular flexibility index (Phi) is 63.6. The maximum absolute atomic E-state index is 13.0. The molecule has 0 aliphatic carbocycles. The van der Waals surface area contributed by atoms with Crippen molar-refractivity contribution in [2.75, 3.05) is 39.6 Å². The minimum Gasteiger partial charge on any atom is -0.462 e. The first-order valence-corrected chi connectivity index (χ1v) is 39.2. The third kappa shape index (κ3) is 65.2. The van der Waals surface area contributed by atoms with Crippen molar-refractivity contribution in [1.29, 1.82) is 0 Å². The molecule has 3 N–H and O–H groups in total. The first kappa shape index (κ1) is 88.5. The highest BCUT2D eigenvalue weighted by Crippen LogP contribution is 2.45. The lowest BCUT2D eigenvalue weighted by atomic mass is 10.1. The zero-order valence-corrected chi connectivity index (χ0v) is 59.8. The number of rotatable bonds is 68. The largest absolute Gasteiger partial charge is 0.472 e. The van der Waals surface area contributed by atoms with Crippen LogP contribution >= 0.6 is 15.6 Å². The molecule has 534 valence electrons. The fraction of sp³-hybridized carbons (Fsp3) is 0.781. The molecule has 0 radical (unpaired) electrons. The van der Waals surface area contributed by atoms with Gasteiger partial charge in [-0.3, -0.25) is 37.3 Å². The van der Waals surface area contributed by atoms with Gasteiger partial charge in [0.1, 0.15) is 19.3 Å². The average molecular weight is 1340 g/mol. The van der Waals surface area contributed by atoms with Crippen molar-refractivity contribution in [1.82, 2.24) is 0 Å². The standard InChI is InChI=1S/C73H130O17P2/c1-5-9-13-17-21-25-29-31-33-35-39-41-45-49-53-57-70(75)83-63-68(89-72(77)59-55-51-47-43-37-27-23-19-15-11-7-3)65-87-91(79,80)85-61-67(74)62-86-92(81,82)88-66-69(90-73(78)60-56-52-48-44-38-28-24-20-16-12-8-4)64-84-71(76)58-54-50-46-42-40-36-34-32-30-26-22-18-14-10-6-2/h9,13,19,21,23,25,31-34,39,41,67-69,74H,5-8,10-12,14-18,20,22,24,26-30,35-38,40,42-66H2,1-4H3,(H,79,80)(H,81,82)/b13-9-,23-19-,25-21-,33-31-,34-32-,41-39-. The molecule has 0 amide bonds. The Morgan fingerprint density at radius 2 is 0.576 bits per heavy atom. The molecule has 0 aromatic heterocycles. The number of phosphoric acid groups is 2. The van der Waals surface area contributed by atoms with Crippen molar-refractivity contribution >= 4 is 39.5 Å². The van der Waals surface area contributed by atoms with Gasteiger partial charge >= 0.3 is 39.5 Å². The lowest BCUT2D eigenvalue weighted by molar-refractivity contribution is -0.161. The molecule has 0 bridgehead atoms. The average Bonchev–Trinajstić information content (AvgIpc) is 2.55. The molecule has 0 spiro atoms. The van der Waals surface area contributed by atoms with Crippen molar-refractivity contribution < 1.29 is 80.2 Å². The van der Waals surface area contributed by atoms with Gasteiger partial charge in [-0.05, 0) is 109 Å². The number of aliphatic hydroxyl groups excluding tert-OH is 1. The molecule has 0 fully saturated rings. The molecule has 0 aromatic carbocycles. The maximum Gasteiger partial charge on any atom is 0.472 e. The van der Waals surface area contributed by atoms with Gasteiger partial charge in [0.05, 0.1) is 26.4 Å². The predicted molar refractivity (Wildman–Crippen MR) is 372 cm³/mol. The summed E-state index contributed by atoms with van der Waals surface area (Å²) in [5.41, 5.74) is 0. The van der Waals surface area contributed by atoms with Crippen molar-refractivity contribution in [2.45, 2.75) is 329 Å². The number of carbonyl (C=O) groups excluding carboxylic acids is 4. The van der Waals surface area contributed by atoms with Crippen molar-refractivity contribution in [3.05, 3.63) is 72.9 Å².